The first-order valence-electron chi connectivity index (χ1n) is 17.6. The van der Waals surface area contributed by atoms with E-state index in [1.165, 1.54) is 0 Å². The predicted molar refractivity (Wildman–Crippen MR) is 196 cm³/mol. The number of rotatable bonds is 10. The molecule has 0 aliphatic carbocycles. The van der Waals surface area contributed by atoms with Gasteiger partial charge in [-0.1, -0.05) is 80.6 Å². The monoisotopic (exact) mass is 691 g/mol. The lowest BCUT2D eigenvalue weighted by molar-refractivity contribution is -0.146. The average molecular weight is 692 g/mol. The molecule has 3 heterocycles. The molecule has 0 radical (unpaired) electrons. The van der Waals surface area contributed by atoms with Crippen LogP contribution in [0.25, 0.3) is 22.0 Å². The summed E-state index contributed by atoms with van der Waals surface area (Å²) in [6, 6.07) is 28.3. The zero-order valence-corrected chi connectivity index (χ0v) is 30.0. The van der Waals surface area contributed by atoms with E-state index in [0.717, 1.165) is 11.1 Å². The van der Waals surface area contributed by atoms with E-state index in [2.05, 4.69) is 4.98 Å². The fraction of sp³-hybridized carbons (Fsp3) is 0.357. The molecule has 1 atom stereocenters. The third-order valence-corrected chi connectivity index (χ3v) is 9.96. The number of halogens is 1. The van der Waals surface area contributed by atoms with Gasteiger partial charge >= 0.3 is 6.09 Å². The Balaban J connectivity index is 1.36. The molecule has 1 unspecified atom stereocenters. The van der Waals surface area contributed by atoms with Gasteiger partial charge in [-0.25, -0.2) is 9.18 Å². The van der Waals surface area contributed by atoms with E-state index < -0.39 is 28.5 Å². The smallest absolute Gasteiger partial charge is 0.410 e. The fourth-order valence-electron chi connectivity index (χ4n) is 7.02. The van der Waals surface area contributed by atoms with Crippen molar-refractivity contribution in [3.63, 3.8) is 0 Å². The summed E-state index contributed by atoms with van der Waals surface area (Å²) in [5.41, 5.74) is 0.860. The number of hydrogen-bond donors (Lipinski definition) is 1. The Bertz CT molecular complexity index is 1980. The van der Waals surface area contributed by atoms with Gasteiger partial charge in [0.25, 0.3) is 0 Å². The number of benzene rings is 3. The van der Waals surface area contributed by atoms with E-state index in [1.807, 2.05) is 101 Å². The summed E-state index contributed by atoms with van der Waals surface area (Å²) in [7, 11) is 0. The largest absolute Gasteiger partial charge is 0.473 e. The maximum Gasteiger partial charge on any atom is 0.410 e. The molecule has 1 amide bonds. The Kier molecular flexibility index (Phi) is 10.3. The molecule has 8 nitrogen and oxygen atoms in total. The Morgan fingerprint density at radius 3 is 2.18 bits per heavy atom. The number of hydrogen-bond acceptors (Lipinski definition) is 7. The van der Waals surface area contributed by atoms with E-state index in [9.17, 15) is 9.90 Å². The Morgan fingerprint density at radius 1 is 0.902 bits per heavy atom. The molecule has 0 spiro atoms. The molecule has 51 heavy (non-hydrogen) atoms. The van der Waals surface area contributed by atoms with Crippen LogP contribution < -0.4 is 9.47 Å². The van der Waals surface area contributed by atoms with Crippen molar-refractivity contribution in [2.24, 2.45) is 5.41 Å². The molecule has 0 saturated carbocycles. The molecule has 9 heteroatoms. The highest BCUT2D eigenvalue weighted by Gasteiger charge is 2.55. The zero-order valence-electron chi connectivity index (χ0n) is 30.0. The van der Waals surface area contributed by atoms with Crippen molar-refractivity contribution in [2.45, 2.75) is 78.3 Å². The van der Waals surface area contributed by atoms with Gasteiger partial charge in [0.05, 0.1) is 5.52 Å². The zero-order chi connectivity index (χ0) is 36.2. The molecule has 1 aliphatic rings. The summed E-state index contributed by atoms with van der Waals surface area (Å²) in [5, 5.41) is 12.8. The SMILES string of the molecule is CCC1(CC)CN(C(=O)OC(C)(C)C)CCC1(O)c1ccc2ncc(-c3ccc(OCc4ccccc4)nc3OCc3ccccc3)cc2c1F. The summed E-state index contributed by atoms with van der Waals surface area (Å²) in [6.07, 6.45) is 2.46. The van der Waals surface area contributed by atoms with Crippen molar-refractivity contribution in [3.05, 3.63) is 120 Å². The van der Waals surface area contributed by atoms with E-state index in [-0.39, 0.29) is 37.1 Å². The minimum atomic E-state index is -1.54. The van der Waals surface area contributed by atoms with Crippen LogP contribution in [-0.2, 0) is 23.6 Å². The van der Waals surface area contributed by atoms with Crippen LogP contribution >= 0.6 is 0 Å². The summed E-state index contributed by atoms with van der Waals surface area (Å²) >= 11 is 0. The highest BCUT2D eigenvalue weighted by Crippen LogP contribution is 2.52. The number of amides is 1. The molecular weight excluding hydrogens is 645 g/mol. The van der Waals surface area contributed by atoms with Crippen molar-refractivity contribution >= 4 is 17.0 Å². The number of fused-ring (bicyclic) bond motifs is 1. The summed E-state index contributed by atoms with van der Waals surface area (Å²) in [5.74, 6) is 0.179. The molecular formula is C42H46FN3O5. The lowest BCUT2D eigenvalue weighted by Crippen LogP contribution is -2.59. The lowest BCUT2D eigenvalue weighted by atomic mass is 9.61. The van der Waals surface area contributed by atoms with Crippen molar-refractivity contribution in [3.8, 4) is 22.9 Å². The Labute approximate surface area is 299 Å². The van der Waals surface area contributed by atoms with E-state index in [0.29, 0.717) is 47.9 Å². The predicted octanol–water partition coefficient (Wildman–Crippen LogP) is 9.23. The molecule has 1 fully saturated rings. The first-order valence-corrected chi connectivity index (χ1v) is 17.6. The third kappa shape index (κ3) is 7.54. The van der Waals surface area contributed by atoms with Gasteiger partial charge < -0.3 is 24.2 Å². The highest BCUT2D eigenvalue weighted by atomic mass is 19.1. The van der Waals surface area contributed by atoms with Crippen LogP contribution in [0.3, 0.4) is 0 Å². The van der Waals surface area contributed by atoms with Crippen LogP contribution in [0.4, 0.5) is 9.18 Å². The molecule has 0 bridgehead atoms. The first-order chi connectivity index (χ1) is 24.4. The summed E-state index contributed by atoms with van der Waals surface area (Å²) in [6.45, 7) is 10.5. The number of pyridine rings is 2. The number of ether oxygens (including phenoxy) is 3. The van der Waals surface area contributed by atoms with Crippen molar-refractivity contribution in [1.29, 1.82) is 0 Å². The molecule has 2 aromatic heterocycles. The van der Waals surface area contributed by atoms with Gasteiger partial charge in [0, 0.05) is 52.8 Å². The Morgan fingerprint density at radius 2 is 1.55 bits per heavy atom. The quantitative estimate of drug-likeness (QED) is 0.156. The summed E-state index contributed by atoms with van der Waals surface area (Å²) in [4.78, 5) is 24.1. The maximum absolute atomic E-state index is 16.9. The van der Waals surface area contributed by atoms with Gasteiger partial charge in [-0.05, 0) is 69.4 Å². The van der Waals surface area contributed by atoms with Gasteiger partial charge in [-0.2, -0.15) is 4.98 Å². The lowest BCUT2D eigenvalue weighted by Gasteiger charge is -2.53. The fourth-order valence-corrected chi connectivity index (χ4v) is 7.02. The molecule has 266 valence electrons. The maximum atomic E-state index is 16.9. The number of aliphatic hydroxyl groups is 1. The molecule has 1 aliphatic heterocycles. The van der Waals surface area contributed by atoms with E-state index in [1.54, 1.807) is 35.4 Å². The highest BCUT2D eigenvalue weighted by molar-refractivity contribution is 5.86. The molecule has 6 rings (SSSR count). The third-order valence-electron chi connectivity index (χ3n) is 9.96. The number of piperidine rings is 1. The van der Waals surface area contributed by atoms with Crippen molar-refractivity contribution < 1.29 is 28.5 Å². The Hall–Kier alpha value is -5.02. The standard InChI is InChI=1S/C42H46FN3O5/c1-6-41(7-2)28-46(39(47)51-40(3,4)5)23-22-42(41,48)34-19-20-35-33(37(34)43)24-31(25-44-35)32-18-21-36(49-26-29-14-10-8-11-15-29)45-38(32)50-27-30-16-12-9-13-17-30/h8-21,24-25,48H,6-7,22-23,26-28H2,1-5H3. The van der Waals surface area contributed by atoms with Crippen LogP contribution in [0, 0.1) is 11.2 Å². The van der Waals surface area contributed by atoms with Crippen LogP contribution in [0.15, 0.2) is 97.2 Å². The molecule has 5 aromatic rings. The van der Waals surface area contributed by atoms with Crippen LogP contribution in [0.5, 0.6) is 11.8 Å². The van der Waals surface area contributed by atoms with Crippen LogP contribution in [0.2, 0.25) is 0 Å². The second-order valence-electron chi connectivity index (χ2n) is 14.3. The van der Waals surface area contributed by atoms with Crippen molar-refractivity contribution in [2.75, 3.05) is 13.1 Å². The minimum Gasteiger partial charge on any atom is -0.473 e. The van der Waals surface area contributed by atoms with Gasteiger partial charge in [-0.15, -0.1) is 0 Å². The van der Waals surface area contributed by atoms with Crippen LogP contribution in [-0.4, -0.2) is 44.8 Å². The number of carbonyl (C=O) groups excluding carboxylic acids is 1. The van der Waals surface area contributed by atoms with Gasteiger partial charge in [0.15, 0.2) is 0 Å². The molecule has 3 aromatic carbocycles. The molecule has 1 saturated heterocycles. The van der Waals surface area contributed by atoms with E-state index >= 15 is 4.39 Å². The second kappa shape index (κ2) is 14.7. The van der Waals surface area contributed by atoms with Gasteiger partial charge in [0.1, 0.15) is 30.2 Å². The van der Waals surface area contributed by atoms with Crippen molar-refractivity contribution in [1.82, 2.24) is 14.9 Å². The topological polar surface area (TPSA) is 94.0 Å². The minimum absolute atomic E-state index is 0.162. The van der Waals surface area contributed by atoms with Crippen LogP contribution in [0.1, 0.15) is 70.6 Å². The summed E-state index contributed by atoms with van der Waals surface area (Å²) < 4.78 is 34.9. The first kappa shape index (κ1) is 35.8. The molecule has 1 N–H and O–H groups in total. The number of aromatic nitrogens is 2. The van der Waals surface area contributed by atoms with Gasteiger partial charge in [0.2, 0.25) is 11.8 Å². The normalized spacial score (nSPS) is 17.3. The number of carbonyl (C=O) groups is 1. The van der Waals surface area contributed by atoms with E-state index in [4.69, 9.17) is 19.2 Å². The second-order valence-corrected chi connectivity index (χ2v) is 14.3. The number of nitrogens with zero attached hydrogens (tertiary/aromatic N) is 3. The number of likely N-dealkylation sites (tertiary alicyclic amines) is 1. The van der Waals surface area contributed by atoms with Gasteiger partial charge in [-0.3, -0.25) is 4.98 Å². The average Bonchev–Trinajstić information content (AvgIpc) is 3.13.